The number of benzene rings is 1. The van der Waals surface area contributed by atoms with Gasteiger partial charge in [-0.05, 0) is 25.1 Å². The lowest BCUT2D eigenvalue weighted by Gasteiger charge is -2.07. The number of halogens is 2. The van der Waals surface area contributed by atoms with Crippen LogP contribution in [-0.2, 0) is 0 Å². The summed E-state index contributed by atoms with van der Waals surface area (Å²) in [5, 5.41) is 9.11. The van der Waals surface area contributed by atoms with Crippen LogP contribution < -0.4 is 10.5 Å². The standard InChI is InChI=1S/C16H35N.C8H6Cl2O3/c1-2-3-4-5-6-7-8-9-10-11-12-13-14-15-16-17;1-13-7-5(10)3-2-4(9)6(7)8(11)12/h2-17H2,1H3;2-3H,1H3,(H,11,12). The van der Waals surface area contributed by atoms with Crippen LogP contribution in [-0.4, -0.2) is 24.7 Å². The molecule has 0 spiro atoms. The van der Waals surface area contributed by atoms with Crippen LogP contribution in [0.4, 0.5) is 0 Å². The third-order valence-electron chi connectivity index (χ3n) is 5.03. The fourth-order valence-corrected chi connectivity index (χ4v) is 3.74. The Labute approximate surface area is 193 Å². The van der Waals surface area contributed by atoms with E-state index < -0.39 is 5.97 Å². The Balaban J connectivity index is 0.000000579. The van der Waals surface area contributed by atoms with Gasteiger partial charge in [-0.3, -0.25) is 0 Å². The molecule has 0 heterocycles. The van der Waals surface area contributed by atoms with Crippen molar-refractivity contribution in [3.8, 4) is 5.75 Å². The highest BCUT2D eigenvalue weighted by atomic mass is 35.5. The Bertz CT molecular complexity index is 554. The Morgan fingerprint density at radius 2 is 1.23 bits per heavy atom. The van der Waals surface area contributed by atoms with Crippen molar-refractivity contribution in [1.29, 1.82) is 0 Å². The van der Waals surface area contributed by atoms with E-state index in [2.05, 4.69) is 6.92 Å². The van der Waals surface area contributed by atoms with Crippen molar-refractivity contribution in [2.45, 2.75) is 96.8 Å². The van der Waals surface area contributed by atoms with Gasteiger partial charge in [0, 0.05) is 0 Å². The average molecular weight is 463 g/mol. The van der Waals surface area contributed by atoms with Gasteiger partial charge in [0.15, 0.2) is 5.75 Å². The van der Waals surface area contributed by atoms with Crippen molar-refractivity contribution in [3.05, 3.63) is 27.7 Å². The molecular weight excluding hydrogens is 421 g/mol. The number of rotatable bonds is 16. The van der Waals surface area contributed by atoms with Crippen LogP contribution in [0, 0.1) is 0 Å². The molecule has 0 aliphatic rings. The van der Waals surface area contributed by atoms with E-state index in [0.29, 0.717) is 0 Å². The zero-order valence-corrected chi connectivity index (χ0v) is 20.4. The summed E-state index contributed by atoms with van der Waals surface area (Å²) in [7, 11) is 1.34. The van der Waals surface area contributed by atoms with E-state index in [0.717, 1.165) is 6.54 Å². The lowest BCUT2D eigenvalue weighted by molar-refractivity contribution is 0.0693. The second-order valence-electron chi connectivity index (χ2n) is 7.63. The molecule has 174 valence electrons. The Kier molecular flexibility index (Phi) is 19.3. The van der Waals surface area contributed by atoms with Gasteiger partial charge in [-0.15, -0.1) is 0 Å². The van der Waals surface area contributed by atoms with Gasteiger partial charge in [0.05, 0.1) is 17.2 Å². The molecule has 1 aromatic carbocycles. The van der Waals surface area contributed by atoms with Crippen molar-refractivity contribution in [1.82, 2.24) is 0 Å². The molecule has 0 aliphatic heterocycles. The first-order valence-electron chi connectivity index (χ1n) is 11.4. The molecule has 0 saturated heterocycles. The van der Waals surface area contributed by atoms with Crippen LogP contribution in [0.25, 0.3) is 0 Å². The number of hydrogen-bond donors (Lipinski definition) is 2. The smallest absolute Gasteiger partial charge is 0.341 e. The van der Waals surface area contributed by atoms with Crippen molar-refractivity contribution in [2.75, 3.05) is 13.7 Å². The molecular formula is C24H41Cl2NO3. The maximum atomic E-state index is 10.7. The van der Waals surface area contributed by atoms with Gasteiger partial charge in [-0.2, -0.15) is 0 Å². The topological polar surface area (TPSA) is 72.5 Å². The van der Waals surface area contributed by atoms with Crippen LogP contribution in [0.3, 0.4) is 0 Å². The van der Waals surface area contributed by atoms with Gasteiger partial charge in [0.1, 0.15) is 5.56 Å². The highest BCUT2D eigenvalue weighted by molar-refractivity contribution is 6.36. The summed E-state index contributed by atoms with van der Waals surface area (Å²) < 4.78 is 4.82. The lowest BCUT2D eigenvalue weighted by Crippen LogP contribution is -2.01. The number of carboxylic acids is 1. The van der Waals surface area contributed by atoms with Gasteiger partial charge in [-0.25, -0.2) is 4.79 Å². The first-order chi connectivity index (χ1) is 14.5. The quantitative estimate of drug-likeness (QED) is 0.243. The number of unbranched alkanes of at least 4 members (excludes halogenated alkanes) is 13. The van der Waals surface area contributed by atoms with E-state index in [1.807, 2.05) is 0 Å². The summed E-state index contributed by atoms with van der Waals surface area (Å²) in [4.78, 5) is 10.7. The Morgan fingerprint density at radius 3 is 1.57 bits per heavy atom. The zero-order valence-electron chi connectivity index (χ0n) is 18.9. The van der Waals surface area contributed by atoms with Gasteiger partial charge in [-0.1, -0.05) is 114 Å². The van der Waals surface area contributed by atoms with E-state index in [-0.39, 0.29) is 21.4 Å². The van der Waals surface area contributed by atoms with Crippen molar-refractivity contribution in [3.63, 3.8) is 0 Å². The summed E-state index contributed by atoms with van der Waals surface area (Å²) in [6.07, 6.45) is 19.9. The Morgan fingerprint density at radius 1 is 0.833 bits per heavy atom. The lowest BCUT2D eigenvalue weighted by atomic mass is 10.0. The summed E-state index contributed by atoms with van der Waals surface area (Å²) in [6.45, 7) is 3.16. The number of hydrogen-bond acceptors (Lipinski definition) is 3. The fourth-order valence-electron chi connectivity index (χ4n) is 3.27. The average Bonchev–Trinajstić information content (AvgIpc) is 2.73. The third kappa shape index (κ3) is 14.1. The summed E-state index contributed by atoms with van der Waals surface area (Å²) >= 11 is 11.4. The predicted molar refractivity (Wildman–Crippen MR) is 129 cm³/mol. The monoisotopic (exact) mass is 461 g/mol. The molecule has 3 N–H and O–H groups in total. The minimum Gasteiger partial charge on any atom is -0.494 e. The predicted octanol–water partition coefficient (Wildman–Crippen LogP) is 8.13. The maximum absolute atomic E-state index is 10.7. The summed E-state index contributed by atoms with van der Waals surface area (Å²) in [6, 6.07) is 2.89. The maximum Gasteiger partial charge on any atom is 0.341 e. The largest absolute Gasteiger partial charge is 0.494 e. The van der Waals surface area contributed by atoms with E-state index in [1.54, 1.807) is 0 Å². The van der Waals surface area contributed by atoms with E-state index >= 15 is 0 Å². The number of ether oxygens (including phenoxy) is 1. The number of nitrogens with two attached hydrogens (primary N) is 1. The molecule has 0 radical (unpaired) electrons. The molecule has 0 fully saturated rings. The van der Waals surface area contributed by atoms with Crippen LogP contribution in [0.15, 0.2) is 12.1 Å². The molecule has 0 bridgehead atoms. The molecule has 0 amide bonds. The molecule has 0 atom stereocenters. The van der Waals surface area contributed by atoms with Crippen molar-refractivity contribution in [2.24, 2.45) is 5.73 Å². The first-order valence-corrected chi connectivity index (χ1v) is 12.2. The second-order valence-corrected chi connectivity index (χ2v) is 8.44. The SMILES string of the molecule is CCCCCCCCCCCCCCCCN.COc1c(Cl)ccc(Cl)c1C(=O)O. The molecule has 0 aliphatic carbocycles. The molecule has 0 aromatic heterocycles. The van der Waals surface area contributed by atoms with Gasteiger partial charge in [0.2, 0.25) is 0 Å². The van der Waals surface area contributed by atoms with Crippen LogP contribution in [0.2, 0.25) is 10.0 Å². The fraction of sp³-hybridized carbons (Fsp3) is 0.708. The first kappa shape index (κ1) is 29.0. The van der Waals surface area contributed by atoms with Gasteiger partial charge >= 0.3 is 5.97 Å². The van der Waals surface area contributed by atoms with Gasteiger partial charge < -0.3 is 15.6 Å². The highest BCUT2D eigenvalue weighted by Gasteiger charge is 2.18. The minimum atomic E-state index is -1.16. The number of methoxy groups -OCH3 is 1. The summed E-state index contributed by atoms with van der Waals surface area (Å²) in [5.41, 5.74) is 5.35. The number of carbonyl (C=O) groups is 1. The normalized spacial score (nSPS) is 10.4. The van der Waals surface area contributed by atoms with E-state index in [1.165, 1.54) is 109 Å². The molecule has 1 aromatic rings. The number of carboxylic acid groups (broad SMARTS) is 1. The molecule has 1 rings (SSSR count). The minimum absolute atomic E-state index is 0.0849. The van der Waals surface area contributed by atoms with Crippen LogP contribution in [0.5, 0.6) is 5.75 Å². The second kappa shape index (κ2) is 20.0. The molecule has 30 heavy (non-hydrogen) atoms. The third-order valence-corrected chi connectivity index (χ3v) is 5.65. The van der Waals surface area contributed by atoms with Crippen molar-refractivity contribution < 1.29 is 14.6 Å². The number of aromatic carboxylic acids is 1. The molecule has 0 unspecified atom stereocenters. The highest BCUT2D eigenvalue weighted by Crippen LogP contribution is 2.33. The van der Waals surface area contributed by atoms with Crippen LogP contribution in [0.1, 0.15) is 107 Å². The molecule has 0 saturated carbocycles. The van der Waals surface area contributed by atoms with Gasteiger partial charge in [0.25, 0.3) is 0 Å². The van der Waals surface area contributed by atoms with E-state index in [4.69, 9.17) is 38.8 Å². The van der Waals surface area contributed by atoms with Crippen LogP contribution >= 0.6 is 23.2 Å². The molecule has 6 heteroatoms. The Hall–Kier alpha value is -0.970. The van der Waals surface area contributed by atoms with Crippen molar-refractivity contribution >= 4 is 29.2 Å². The van der Waals surface area contributed by atoms with E-state index in [9.17, 15) is 4.79 Å². The summed E-state index contributed by atoms with van der Waals surface area (Å²) in [5.74, 6) is -1.08. The zero-order chi connectivity index (χ0) is 22.6. The molecule has 4 nitrogen and oxygen atoms in total.